The minimum absolute atomic E-state index is 0.0571. The van der Waals surface area contributed by atoms with Crippen LogP contribution in [0.3, 0.4) is 0 Å². The summed E-state index contributed by atoms with van der Waals surface area (Å²) in [7, 11) is 0. The first kappa shape index (κ1) is 17.5. The molecule has 2 aliphatic rings. The molecule has 1 aromatic rings. The number of rotatable bonds is 4. The lowest BCUT2D eigenvalue weighted by molar-refractivity contribution is -0.137. The smallest absolute Gasteiger partial charge is 0.322 e. The van der Waals surface area contributed by atoms with Crippen LogP contribution < -0.4 is 10.6 Å². The quantitative estimate of drug-likeness (QED) is 0.821. The molecule has 2 aliphatic heterocycles. The van der Waals surface area contributed by atoms with Crippen molar-refractivity contribution in [3.8, 4) is 0 Å². The summed E-state index contributed by atoms with van der Waals surface area (Å²) in [6.45, 7) is 4.96. The molecule has 6 nitrogen and oxygen atoms in total. The number of imide groups is 1. The van der Waals surface area contributed by atoms with Gasteiger partial charge in [0.15, 0.2) is 0 Å². The minimum atomic E-state index is -1.01. The third-order valence-corrected chi connectivity index (χ3v) is 5.33. The summed E-state index contributed by atoms with van der Waals surface area (Å²) in [5.74, 6) is -0.123. The van der Waals surface area contributed by atoms with E-state index in [1.807, 2.05) is 17.9 Å². The molecule has 0 unspecified atom stereocenters. The van der Waals surface area contributed by atoms with Gasteiger partial charge in [0.1, 0.15) is 5.54 Å². The molecule has 2 heterocycles. The molecular weight excluding hydrogens is 318 g/mol. The molecule has 0 bridgehead atoms. The Morgan fingerprint density at radius 3 is 2.44 bits per heavy atom. The average molecular weight is 343 g/mol. The normalized spacial score (nSPS) is 25.4. The fourth-order valence-corrected chi connectivity index (χ4v) is 3.89. The Bertz CT molecular complexity index is 668. The van der Waals surface area contributed by atoms with Crippen molar-refractivity contribution in [3.05, 3.63) is 35.9 Å². The van der Waals surface area contributed by atoms with Crippen molar-refractivity contribution in [2.75, 3.05) is 13.1 Å². The Morgan fingerprint density at radius 2 is 1.88 bits per heavy atom. The molecule has 0 aromatic heterocycles. The van der Waals surface area contributed by atoms with Crippen molar-refractivity contribution in [2.45, 2.75) is 44.6 Å². The van der Waals surface area contributed by atoms with E-state index in [-0.39, 0.29) is 17.7 Å². The van der Waals surface area contributed by atoms with E-state index in [1.165, 1.54) is 5.56 Å². The van der Waals surface area contributed by atoms with Crippen molar-refractivity contribution in [2.24, 2.45) is 5.92 Å². The second kappa shape index (κ2) is 6.86. The largest absolute Gasteiger partial charge is 0.342 e. The lowest BCUT2D eigenvalue weighted by atomic mass is 9.87. The number of amides is 4. The number of benzene rings is 1. The molecule has 2 saturated heterocycles. The van der Waals surface area contributed by atoms with Crippen LogP contribution in [0.25, 0.3) is 0 Å². The van der Waals surface area contributed by atoms with Crippen molar-refractivity contribution in [3.63, 3.8) is 0 Å². The van der Waals surface area contributed by atoms with Gasteiger partial charge in [-0.05, 0) is 37.7 Å². The number of nitrogens with zero attached hydrogens (tertiary/aromatic N) is 1. The zero-order chi connectivity index (χ0) is 18.0. The van der Waals surface area contributed by atoms with E-state index in [9.17, 15) is 14.4 Å². The third kappa shape index (κ3) is 3.67. The highest BCUT2D eigenvalue weighted by atomic mass is 16.2. The van der Waals surface area contributed by atoms with Gasteiger partial charge in [0.2, 0.25) is 5.91 Å². The van der Waals surface area contributed by atoms with Gasteiger partial charge in [-0.1, -0.05) is 37.3 Å². The van der Waals surface area contributed by atoms with Gasteiger partial charge in [0.05, 0.1) is 0 Å². The van der Waals surface area contributed by atoms with Crippen LogP contribution in [0.5, 0.6) is 0 Å². The van der Waals surface area contributed by atoms with Crippen LogP contribution in [0, 0.1) is 5.92 Å². The number of nitrogens with one attached hydrogen (secondary N) is 2. The minimum Gasteiger partial charge on any atom is -0.342 e. The summed E-state index contributed by atoms with van der Waals surface area (Å²) in [6, 6.07) is 9.92. The predicted molar refractivity (Wildman–Crippen MR) is 93.9 cm³/mol. The maximum atomic E-state index is 12.7. The van der Waals surface area contributed by atoms with Gasteiger partial charge < -0.3 is 10.2 Å². The molecule has 3 rings (SSSR count). The molecule has 0 radical (unpaired) electrons. The van der Waals surface area contributed by atoms with Gasteiger partial charge in [-0.2, -0.15) is 0 Å². The van der Waals surface area contributed by atoms with E-state index in [4.69, 9.17) is 0 Å². The molecule has 134 valence electrons. The maximum absolute atomic E-state index is 12.7. The average Bonchev–Trinajstić information content (AvgIpc) is 2.86. The molecule has 0 aliphatic carbocycles. The number of hydrogen-bond acceptors (Lipinski definition) is 3. The Kier molecular flexibility index (Phi) is 4.79. The number of carbonyl (C=O) groups excluding carboxylic acids is 3. The summed E-state index contributed by atoms with van der Waals surface area (Å²) in [4.78, 5) is 37.9. The van der Waals surface area contributed by atoms with E-state index < -0.39 is 11.6 Å². The molecule has 1 aromatic carbocycles. The second-order valence-electron chi connectivity index (χ2n) is 7.36. The summed E-state index contributed by atoms with van der Waals surface area (Å²) >= 11 is 0. The summed E-state index contributed by atoms with van der Waals surface area (Å²) in [6.07, 6.45) is 2.22. The first-order chi connectivity index (χ1) is 11.9. The van der Waals surface area contributed by atoms with Crippen molar-refractivity contribution >= 4 is 17.8 Å². The van der Waals surface area contributed by atoms with Gasteiger partial charge in [-0.15, -0.1) is 0 Å². The number of piperidine rings is 1. The van der Waals surface area contributed by atoms with Crippen LogP contribution >= 0.6 is 0 Å². The number of hydrogen-bond donors (Lipinski definition) is 2. The van der Waals surface area contributed by atoms with E-state index in [0.29, 0.717) is 12.3 Å². The van der Waals surface area contributed by atoms with Crippen LogP contribution in [-0.4, -0.2) is 41.4 Å². The summed E-state index contributed by atoms with van der Waals surface area (Å²) < 4.78 is 0. The Hall–Kier alpha value is -2.37. The molecule has 2 N–H and O–H groups in total. The van der Waals surface area contributed by atoms with E-state index in [0.717, 1.165) is 25.9 Å². The highest BCUT2D eigenvalue weighted by molar-refractivity contribution is 6.06. The fraction of sp³-hybridized carbons (Fsp3) is 0.526. The number of likely N-dealkylation sites (tertiary alicyclic amines) is 1. The van der Waals surface area contributed by atoms with E-state index >= 15 is 0 Å². The van der Waals surface area contributed by atoms with Crippen LogP contribution in [0.15, 0.2) is 30.3 Å². The van der Waals surface area contributed by atoms with Gasteiger partial charge in [0, 0.05) is 19.0 Å². The molecule has 2 atom stereocenters. The van der Waals surface area contributed by atoms with Crippen molar-refractivity contribution in [1.29, 1.82) is 0 Å². The van der Waals surface area contributed by atoms with Crippen LogP contribution in [-0.2, 0) is 9.59 Å². The zero-order valence-corrected chi connectivity index (χ0v) is 14.7. The molecule has 25 heavy (non-hydrogen) atoms. The van der Waals surface area contributed by atoms with Crippen LogP contribution in [0.2, 0.25) is 0 Å². The molecular formula is C19H25N3O3. The molecule has 0 saturated carbocycles. The molecule has 0 spiro atoms. The van der Waals surface area contributed by atoms with Crippen LogP contribution in [0.4, 0.5) is 4.79 Å². The van der Waals surface area contributed by atoms with Gasteiger partial charge >= 0.3 is 6.03 Å². The van der Waals surface area contributed by atoms with Crippen molar-refractivity contribution < 1.29 is 14.4 Å². The summed E-state index contributed by atoms with van der Waals surface area (Å²) in [5.41, 5.74) is 0.328. The number of urea groups is 1. The molecule has 6 heteroatoms. The first-order valence-corrected chi connectivity index (χ1v) is 8.86. The van der Waals surface area contributed by atoms with Gasteiger partial charge in [-0.25, -0.2) is 4.79 Å². The van der Waals surface area contributed by atoms with Gasteiger partial charge in [0.25, 0.3) is 5.91 Å². The Labute approximate surface area is 148 Å². The lowest BCUT2D eigenvalue weighted by Crippen LogP contribution is -2.48. The predicted octanol–water partition coefficient (Wildman–Crippen LogP) is 2.02. The highest BCUT2D eigenvalue weighted by Gasteiger charge is 2.44. The second-order valence-corrected chi connectivity index (χ2v) is 7.36. The molecule has 2 fully saturated rings. The first-order valence-electron chi connectivity index (χ1n) is 8.86. The topological polar surface area (TPSA) is 78.5 Å². The number of carbonyl (C=O) groups is 3. The third-order valence-electron chi connectivity index (χ3n) is 5.33. The van der Waals surface area contributed by atoms with E-state index in [2.05, 4.69) is 34.9 Å². The summed E-state index contributed by atoms with van der Waals surface area (Å²) in [5, 5.41) is 4.87. The zero-order valence-electron chi connectivity index (χ0n) is 14.7. The van der Waals surface area contributed by atoms with Crippen molar-refractivity contribution in [1.82, 2.24) is 15.5 Å². The Balaban J connectivity index is 1.55. The SMILES string of the molecule is C[C@@H](C[C@@]1(C)NC(=O)NC1=O)C(=O)N1CCC(c2ccccc2)CC1. The van der Waals surface area contributed by atoms with E-state index in [1.54, 1.807) is 6.92 Å². The monoisotopic (exact) mass is 343 g/mol. The molecule has 4 amide bonds. The fourth-order valence-electron chi connectivity index (χ4n) is 3.89. The van der Waals surface area contributed by atoms with Gasteiger partial charge in [-0.3, -0.25) is 14.9 Å². The standard InChI is InChI=1S/C19H25N3O3/c1-13(12-19(2)17(24)20-18(25)21-19)16(23)22-10-8-15(9-11-22)14-6-4-3-5-7-14/h3-7,13,15H,8-12H2,1-2H3,(H2,20,21,24,25)/t13-,19+/m0/s1. The Morgan fingerprint density at radius 1 is 1.24 bits per heavy atom. The maximum Gasteiger partial charge on any atom is 0.322 e. The lowest BCUT2D eigenvalue weighted by Gasteiger charge is -2.35. The van der Waals surface area contributed by atoms with Crippen LogP contribution in [0.1, 0.15) is 44.6 Å². The highest BCUT2D eigenvalue weighted by Crippen LogP contribution is 2.29.